The van der Waals surface area contributed by atoms with Crippen LogP contribution in [0.3, 0.4) is 0 Å². The zero-order valence-corrected chi connectivity index (χ0v) is 14.0. The summed E-state index contributed by atoms with van der Waals surface area (Å²) in [7, 11) is 1.65. The van der Waals surface area contributed by atoms with E-state index < -0.39 is 0 Å². The van der Waals surface area contributed by atoms with Crippen LogP contribution < -0.4 is 10.1 Å². The van der Waals surface area contributed by atoms with E-state index in [4.69, 9.17) is 9.57 Å². The Kier molecular flexibility index (Phi) is 3.93. The Morgan fingerprint density at radius 3 is 2.96 bits per heavy atom. The molecule has 1 aliphatic heterocycles. The van der Waals surface area contributed by atoms with Crippen molar-refractivity contribution in [3.8, 4) is 5.75 Å². The fourth-order valence-electron chi connectivity index (χ4n) is 2.77. The lowest BCUT2D eigenvalue weighted by Crippen LogP contribution is -2.21. The van der Waals surface area contributed by atoms with Gasteiger partial charge in [-0.25, -0.2) is 4.98 Å². The molecular formula is C17H18N6O2. The summed E-state index contributed by atoms with van der Waals surface area (Å²) >= 11 is 0. The van der Waals surface area contributed by atoms with Gasteiger partial charge in [0.1, 0.15) is 24.0 Å². The predicted octanol–water partition coefficient (Wildman–Crippen LogP) is 2.05. The SMILES string of the molecule is COc1ccc(C2=NO[C@@H](CNc3cc(C)nc4ncnn34)C2)cc1. The number of benzene rings is 1. The van der Waals surface area contributed by atoms with Crippen molar-refractivity contribution < 1.29 is 9.57 Å². The molecule has 4 rings (SSSR count). The van der Waals surface area contributed by atoms with Gasteiger partial charge in [-0.2, -0.15) is 14.6 Å². The Labute approximate surface area is 144 Å². The molecule has 2 aromatic heterocycles. The third-order valence-electron chi connectivity index (χ3n) is 4.05. The van der Waals surface area contributed by atoms with Crippen LogP contribution in [0.1, 0.15) is 17.7 Å². The number of anilines is 1. The molecule has 0 spiro atoms. The maximum absolute atomic E-state index is 5.56. The summed E-state index contributed by atoms with van der Waals surface area (Å²) in [5.74, 6) is 2.23. The minimum Gasteiger partial charge on any atom is -0.497 e. The molecule has 8 heteroatoms. The Morgan fingerprint density at radius 2 is 2.16 bits per heavy atom. The summed E-state index contributed by atoms with van der Waals surface area (Å²) in [6.45, 7) is 2.54. The van der Waals surface area contributed by atoms with E-state index in [0.717, 1.165) is 35.0 Å². The van der Waals surface area contributed by atoms with Crippen LogP contribution in [-0.4, -0.2) is 45.1 Å². The van der Waals surface area contributed by atoms with Crippen molar-refractivity contribution in [3.05, 3.63) is 47.9 Å². The number of nitrogens with zero attached hydrogens (tertiary/aromatic N) is 5. The van der Waals surface area contributed by atoms with Crippen LogP contribution >= 0.6 is 0 Å². The summed E-state index contributed by atoms with van der Waals surface area (Å²) in [4.78, 5) is 14.0. The molecule has 0 aliphatic carbocycles. The largest absolute Gasteiger partial charge is 0.497 e. The van der Waals surface area contributed by atoms with Gasteiger partial charge in [0.15, 0.2) is 0 Å². The molecule has 0 saturated carbocycles. The van der Waals surface area contributed by atoms with Crippen LogP contribution in [-0.2, 0) is 4.84 Å². The third-order valence-corrected chi connectivity index (χ3v) is 4.05. The molecular weight excluding hydrogens is 320 g/mol. The number of methoxy groups -OCH3 is 1. The molecule has 0 saturated heterocycles. The van der Waals surface area contributed by atoms with Gasteiger partial charge >= 0.3 is 0 Å². The smallest absolute Gasteiger partial charge is 0.254 e. The number of rotatable bonds is 5. The van der Waals surface area contributed by atoms with Crippen LogP contribution in [0, 0.1) is 6.92 Å². The number of nitrogens with one attached hydrogen (secondary N) is 1. The van der Waals surface area contributed by atoms with Crippen molar-refractivity contribution in [2.45, 2.75) is 19.4 Å². The Morgan fingerprint density at radius 1 is 1.32 bits per heavy atom. The van der Waals surface area contributed by atoms with Gasteiger partial charge in [0.25, 0.3) is 5.78 Å². The molecule has 1 atom stereocenters. The van der Waals surface area contributed by atoms with Crippen molar-refractivity contribution in [2.24, 2.45) is 5.16 Å². The first kappa shape index (κ1) is 15.4. The average molecular weight is 338 g/mol. The molecule has 0 bridgehead atoms. The number of hydrogen-bond acceptors (Lipinski definition) is 7. The molecule has 3 heterocycles. The Hall–Kier alpha value is -3.16. The van der Waals surface area contributed by atoms with E-state index in [9.17, 15) is 0 Å². The minimum absolute atomic E-state index is 0.0378. The minimum atomic E-state index is -0.0378. The van der Waals surface area contributed by atoms with Gasteiger partial charge in [0.2, 0.25) is 0 Å². The van der Waals surface area contributed by atoms with Crippen LogP contribution in [0.2, 0.25) is 0 Å². The molecule has 1 aromatic carbocycles. The van der Waals surface area contributed by atoms with Crippen LogP contribution in [0.5, 0.6) is 5.75 Å². The number of oxime groups is 1. The Balaban J connectivity index is 1.40. The molecule has 0 amide bonds. The van der Waals surface area contributed by atoms with E-state index in [-0.39, 0.29) is 6.10 Å². The maximum atomic E-state index is 5.56. The van der Waals surface area contributed by atoms with Gasteiger partial charge in [-0.3, -0.25) is 0 Å². The van der Waals surface area contributed by atoms with Crippen LogP contribution in [0.4, 0.5) is 5.82 Å². The zero-order valence-electron chi connectivity index (χ0n) is 14.0. The normalized spacial score (nSPS) is 16.6. The number of aryl methyl sites for hydroxylation is 1. The van der Waals surface area contributed by atoms with Crippen LogP contribution in [0.25, 0.3) is 5.78 Å². The second-order valence-electron chi connectivity index (χ2n) is 5.83. The molecule has 3 aromatic rings. The number of ether oxygens (including phenoxy) is 1. The van der Waals surface area contributed by atoms with Crippen molar-refractivity contribution in [1.29, 1.82) is 0 Å². The first-order chi connectivity index (χ1) is 12.2. The lowest BCUT2D eigenvalue weighted by Gasteiger charge is -2.12. The molecule has 8 nitrogen and oxygen atoms in total. The van der Waals surface area contributed by atoms with Gasteiger partial charge in [-0.05, 0) is 36.8 Å². The van der Waals surface area contributed by atoms with Gasteiger partial charge in [0.05, 0.1) is 19.4 Å². The summed E-state index contributed by atoms with van der Waals surface area (Å²) in [5.41, 5.74) is 2.86. The highest BCUT2D eigenvalue weighted by Crippen LogP contribution is 2.20. The molecule has 0 radical (unpaired) electrons. The van der Waals surface area contributed by atoms with Gasteiger partial charge in [-0.15, -0.1) is 0 Å². The molecule has 1 N–H and O–H groups in total. The van der Waals surface area contributed by atoms with E-state index in [1.807, 2.05) is 37.3 Å². The van der Waals surface area contributed by atoms with E-state index >= 15 is 0 Å². The molecule has 0 fully saturated rings. The zero-order chi connectivity index (χ0) is 17.2. The second-order valence-corrected chi connectivity index (χ2v) is 5.83. The van der Waals surface area contributed by atoms with E-state index in [1.165, 1.54) is 6.33 Å². The van der Waals surface area contributed by atoms with Crippen molar-refractivity contribution in [2.75, 3.05) is 19.0 Å². The number of aromatic nitrogens is 4. The second kappa shape index (κ2) is 6.39. The van der Waals surface area contributed by atoms with Gasteiger partial charge in [0, 0.05) is 18.2 Å². The molecule has 128 valence electrons. The Bertz CT molecular complexity index is 919. The standard InChI is InChI=1S/C17H18N6O2/c1-11-7-16(23-17(21-11)19-10-20-23)18-9-14-8-15(22-25-14)12-3-5-13(24-2)6-4-12/h3-7,10,14,18H,8-9H2,1-2H3/t14-/m1/s1. The monoisotopic (exact) mass is 338 g/mol. The van der Waals surface area contributed by atoms with E-state index in [2.05, 4.69) is 25.5 Å². The lowest BCUT2D eigenvalue weighted by molar-refractivity contribution is 0.0948. The fourth-order valence-corrected chi connectivity index (χ4v) is 2.77. The average Bonchev–Trinajstić information content (AvgIpc) is 3.29. The van der Waals surface area contributed by atoms with E-state index in [1.54, 1.807) is 11.6 Å². The fraction of sp³-hybridized carbons (Fsp3) is 0.294. The topological polar surface area (TPSA) is 85.9 Å². The first-order valence-corrected chi connectivity index (χ1v) is 8.01. The lowest BCUT2D eigenvalue weighted by atomic mass is 10.0. The predicted molar refractivity (Wildman–Crippen MR) is 93.0 cm³/mol. The number of fused-ring (bicyclic) bond motifs is 1. The summed E-state index contributed by atoms with van der Waals surface area (Å²) in [6, 6.07) is 9.75. The quantitative estimate of drug-likeness (QED) is 0.766. The highest BCUT2D eigenvalue weighted by atomic mass is 16.6. The summed E-state index contributed by atoms with van der Waals surface area (Å²) in [6.07, 6.45) is 2.19. The van der Waals surface area contributed by atoms with Gasteiger partial charge in [-0.1, -0.05) is 5.16 Å². The molecule has 0 unspecified atom stereocenters. The van der Waals surface area contributed by atoms with Crippen molar-refractivity contribution in [1.82, 2.24) is 19.6 Å². The summed E-state index contributed by atoms with van der Waals surface area (Å²) in [5, 5.41) is 11.7. The van der Waals surface area contributed by atoms with Crippen molar-refractivity contribution in [3.63, 3.8) is 0 Å². The highest BCUT2D eigenvalue weighted by Gasteiger charge is 2.22. The summed E-state index contributed by atoms with van der Waals surface area (Å²) < 4.78 is 6.85. The molecule has 25 heavy (non-hydrogen) atoms. The molecule has 1 aliphatic rings. The van der Waals surface area contributed by atoms with E-state index in [0.29, 0.717) is 12.3 Å². The highest BCUT2D eigenvalue weighted by molar-refractivity contribution is 6.01. The maximum Gasteiger partial charge on any atom is 0.254 e. The van der Waals surface area contributed by atoms with Crippen molar-refractivity contribution >= 4 is 17.3 Å². The first-order valence-electron chi connectivity index (χ1n) is 8.01. The van der Waals surface area contributed by atoms with Gasteiger partial charge < -0.3 is 14.9 Å². The third kappa shape index (κ3) is 3.10. The van der Waals surface area contributed by atoms with Crippen LogP contribution in [0.15, 0.2) is 41.8 Å². The number of hydrogen-bond donors (Lipinski definition) is 1.